The zero-order valence-electron chi connectivity index (χ0n) is 10.9. The Morgan fingerprint density at radius 1 is 1.44 bits per heavy atom. The Hall–Kier alpha value is -0.710. The van der Waals surface area contributed by atoms with E-state index < -0.39 is 0 Å². The van der Waals surface area contributed by atoms with Crippen LogP contribution in [0.25, 0.3) is 0 Å². The van der Waals surface area contributed by atoms with E-state index in [-0.39, 0.29) is 5.78 Å². The Labute approximate surface area is 117 Å². The molecule has 0 amide bonds. The highest BCUT2D eigenvalue weighted by atomic mass is 79.9. The quantitative estimate of drug-likeness (QED) is 0.800. The molecule has 18 heavy (non-hydrogen) atoms. The molecule has 0 spiro atoms. The van der Waals surface area contributed by atoms with Gasteiger partial charge in [-0.3, -0.25) is 9.69 Å². The lowest BCUT2D eigenvalue weighted by Gasteiger charge is -2.37. The molecule has 1 aromatic rings. The van der Waals surface area contributed by atoms with Crippen LogP contribution < -0.4 is 0 Å². The van der Waals surface area contributed by atoms with Crippen molar-refractivity contribution >= 4 is 21.7 Å². The Bertz CT molecular complexity index is 436. The lowest BCUT2D eigenvalue weighted by atomic mass is 10.1. The second-order valence-electron chi connectivity index (χ2n) is 5.00. The minimum atomic E-state index is 0.202. The molecule has 0 N–H and O–H groups in total. The van der Waals surface area contributed by atoms with E-state index in [1.807, 2.05) is 24.3 Å². The van der Waals surface area contributed by atoms with E-state index in [4.69, 9.17) is 0 Å². The number of nitrogens with zero attached hydrogens (tertiary/aromatic N) is 2. The van der Waals surface area contributed by atoms with E-state index >= 15 is 0 Å². The van der Waals surface area contributed by atoms with Crippen LogP contribution in [0.3, 0.4) is 0 Å². The fourth-order valence-electron chi connectivity index (χ4n) is 2.22. The van der Waals surface area contributed by atoms with Gasteiger partial charge in [0.25, 0.3) is 0 Å². The van der Waals surface area contributed by atoms with Crippen molar-refractivity contribution in [2.75, 3.05) is 33.2 Å². The van der Waals surface area contributed by atoms with Gasteiger partial charge in [-0.25, -0.2) is 0 Å². The van der Waals surface area contributed by atoms with Gasteiger partial charge in [-0.15, -0.1) is 0 Å². The van der Waals surface area contributed by atoms with E-state index in [9.17, 15) is 4.79 Å². The Morgan fingerprint density at radius 3 is 2.89 bits per heavy atom. The van der Waals surface area contributed by atoms with Crippen molar-refractivity contribution in [3.8, 4) is 0 Å². The van der Waals surface area contributed by atoms with Gasteiger partial charge < -0.3 is 4.90 Å². The maximum absolute atomic E-state index is 12.2. The number of hydrogen-bond acceptors (Lipinski definition) is 3. The summed E-state index contributed by atoms with van der Waals surface area (Å²) in [5.41, 5.74) is 0.788. The molecule has 1 atom stereocenters. The molecule has 1 heterocycles. The number of carbonyl (C=O) groups is 1. The molecular formula is C14H19BrN2O. The van der Waals surface area contributed by atoms with Crippen LogP contribution in [-0.4, -0.2) is 54.9 Å². The molecule has 98 valence electrons. The van der Waals surface area contributed by atoms with E-state index in [0.29, 0.717) is 12.6 Å². The number of hydrogen-bond donors (Lipinski definition) is 0. The maximum atomic E-state index is 12.2. The zero-order chi connectivity index (χ0) is 13.1. The predicted octanol–water partition coefficient (Wildman–Crippen LogP) is 2.27. The number of Topliss-reactive ketones (excluding diaryl/α,β-unsaturated/α-hetero) is 1. The SMILES string of the molecule is CC1CN(CC(=O)c2cccc(Br)c2)CCN1C. The summed E-state index contributed by atoms with van der Waals surface area (Å²) in [4.78, 5) is 16.8. The molecule has 3 nitrogen and oxygen atoms in total. The lowest BCUT2D eigenvalue weighted by Crippen LogP contribution is -2.51. The van der Waals surface area contributed by atoms with Gasteiger partial charge in [0, 0.05) is 35.7 Å². The van der Waals surface area contributed by atoms with Crippen molar-refractivity contribution < 1.29 is 4.79 Å². The van der Waals surface area contributed by atoms with Gasteiger partial charge >= 0.3 is 0 Å². The largest absolute Gasteiger partial charge is 0.301 e. The number of halogens is 1. The summed E-state index contributed by atoms with van der Waals surface area (Å²) in [6, 6.07) is 8.14. The van der Waals surface area contributed by atoms with E-state index in [1.165, 1.54) is 0 Å². The second-order valence-corrected chi connectivity index (χ2v) is 5.91. The number of ketones is 1. The average molecular weight is 311 g/mol. The van der Waals surface area contributed by atoms with Crippen LogP contribution in [-0.2, 0) is 0 Å². The highest BCUT2D eigenvalue weighted by molar-refractivity contribution is 9.10. The summed E-state index contributed by atoms with van der Waals surface area (Å²) in [7, 11) is 2.14. The standard InChI is InChI=1S/C14H19BrN2O/c1-11-9-17(7-6-16(11)2)10-14(18)12-4-3-5-13(15)8-12/h3-5,8,11H,6-7,9-10H2,1-2H3. The van der Waals surface area contributed by atoms with Crippen molar-refractivity contribution in [3.05, 3.63) is 34.3 Å². The summed E-state index contributed by atoms with van der Waals surface area (Å²) in [6.07, 6.45) is 0. The summed E-state index contributed by atoms with van der Waals surface area (Å²) in [5, 5.41) is 0. The summed E-state index contributed by atoms with van der Waals surface area (Å²) in [6.45, 7) is 5.70. The van der Waals surface area contributed by atoms with Crippen LogP contribution in [0.4, 0.5) is 0 Å². The van der Waals surface area contributed by atoms with E-state index in [2.05, 4.69) is 39.7 Å². The first kappa shape index (κ1) is 13.7. The number of carbonyl (C=O) groups excluding carboxylic acids is 1. The van der Waals surface area contributed by atoms with Crippen LogP contribution >= 0.6 is 15.9 Å². The van der Waals surface area contributed by atoms with Crippen LogP contribution in [0.1, 0.15) is 17.3 Å². The first-order valence-electron chi connectivity index (χ1n) is 6.27. The van der Waals surface area contributed by atoms with Crippen molar-refractivity contribution in [2.45, 2.75) is 13.0 Å². The molecule has 1 aromatic carbocycles. The molecule has 0 aliphatic carbocycles. The maximum Gasteiger partial charge on any atom is 0.176 e. The number of benzene rings is 1. The van der Waals surface area contributed by atoms with E-state index in [1.54, 1.807) is 0 Å². The molecule has 0 radical (unpaired) electrons. The summed E-state index contributed by atoms with van der Waals surface area (Å²) >= 11 is 3.40. The topological polar surface area (TPSA) is 23.6 Å². The van der Waals surface area contributed by atoms with Gasteiger partial charge in [-0.05, 0) is 26.1 Å². The molecule has 0 aromatic heterocycles. The average Bonchev–Trinajstić information content (AvgIpc) is 2.34. The monoisotopic (exact) mass is 310 g/mol. The first-order chi connectivity index (χ1) is 8.56. The zero-order valence-corrected chi connectivity index (χ0v) is 12.5. The highest BCUT2D eigenvalue weighted by Crippen LogP contribution is 2.13. The minimum absolute atomic E-state index is 0.202. The molecule has 1 aliphatic rings. The van der Waals surface area contributed by atoms with Gasteiger partial charge in [0.1, 0.15) is 0 Å². The molecule has 4 heteroatoms. The molecular weight excluding hydrogens is 292 g/mol. The van der Waals surface area contributed by atoms with Crippen LogP contribution in [0.2, 0.25) is 0 Å². The van der Waals surface area contributed by atoms with Crippen LogP contribution in [0.15, 0.2) is 28.7 Å². The first-order valence-corrected chi connectivity index (χ1v) is 7.07. The molecule has 0 bridgehead atoms. The summed E-state index contributed by atoms with van der Waals surface area (Å²) in [5.74, 6) is 0.202. The van der Waals surface area contributed by atoms with Gasteiger partial charge in [-0.1, -0.05) is 28.1 Å². The van der Waals surface area contributed by atoms with Gasteiger partial charge in [0.15, 0.2) is 5.78 Å². The van der Waals surface area contributed by atoms with Gasteiger partial charge in [0.2, 0.25) is 0 Å². The number of rotatable bonds is 3. The third-order valence-corrected chi connectivity index (χ3v) is 4.05. The second kappa shape index (κ2) is 5.95. The van der Waals surface area contributed by atoms with Gasteiger partial charge in [0.05, 0.1) is 6.54 Å². The predicted molar refractivity (Wildman–Crippen MR) is 77.0 cm³/mol. The van der Waals surface area contributed by atoms with Crippen LogP contribution in [0, 0.1) is 0 Å². The van der Waals surface area contributed by atoms with Crippen molar-refractivity contribution in [3.63, 3.8) is 0 Å². The fraction of sp³-hybridized carbons (Fsp3) is 0.500. The molecule has 1 unspecified atom stereocenters. The number of piperazine rings is 1. The van der Waals surface area contributed by atoms with Crippen molar-refractivity contribution in [2.24, 2.45) is 0 Å². The summed E-state index contributed by atoms with van der Waals surface area (Å²) < 4.78 is 0.958. The Morgan fingerprint density at radius 2 is 2.22 bits per heavy atom. The smallest absolute Gasteiger partial charge is 0.176 e. The molecule has 0 saturated carbocycles. The lowest BCUT2D eigenvalue weighted by molar-refractivity contribution is 0.0786. The molecule has 2 rings (SSSR count). The Balaban J connectivity index is 1.96. The minimum Gasteiger partial charge on any atom is -0.301 e. The molecule has 1 fully saturated rings. The third-order valence-electron chi connectivity index (χ3n) is 3.56. The normalized spacial score (nSPS) is 22.1. The van der Waals surface area contributed by atoms with Crippen LogP contribution in [0.5, 0.6) is 0 Å². The number of likely N-dealkylation sites (N-methyl/N-ethyl adjacent to an activating group) is 1. The molecule has 1 saturated heterocycles. The fourth-order valence-corrected chi connectivity index (χ4v) is 2.62. The molecule has 1 aliphatic heterocycles. The van der Waals surface area contributed by atoms with Gasteiger partial charge in [-0.2, -0.15) is 0 Å². The van der Waals surface area contributed by atoms with Crippen molar-refractivity contribution in [1.29, 1.82) is 0 Å². The third kappa shape index (κ3) is 3.40. The highest BCUT2D eigenvalue weighted by Gasteiger charge is 2.22. The Kier molecular flexibility index (Phi) is 4.54. The van der Waals surface area contributed by atoms with E-state index in [0.717, 1.165) is 29.7 Å². The van der Waals surface area contributed by atoms with Crippen molar-refractivity contribution in [1.82, 2.24) is 9.80 Å².